The van der Waals surface area contributed by atoms with Crippen molar-refractivity contribution in [3.8, 4) is 0 Å². The van der Waals surface area contributed by atoms with Crippen LogP contribution in [0.1, 0.15) is 5.56 Å². The molecule has 16 heavy (non-hydrogen) atoms. The summed E-state index contributed by atoms with van der Waals surface area (Å²) in [5, 5.41) is 7.73. The Labute approximate surface area is 101 Å². The lowest BCUT2D eigenvalue weighted by atomic mass is 10.2. The molecule has 0 aromatic carbocycles. The molecule has 0 aliphatic carbocycles. The summed E-state index contributed by atoms with van der Waals surface area (Å²) in [5.41, 5.74) is 1.44. The third kappa shape index (κ3) is 3.87. The Balaban J connectivity index is 1.65. The van der Waals surface area contributed by atoms with Crippen LogP contribution in [0.15, 0.2) is 16.8 Å². The van der Waals surface area contributed by atoms with Crippen molar-refractivity contribution in [2.75, 3.05) is 39.8 Å². The van der Waals surface area contributed by atoms with E-state index in [0.29, 0.717) is 6.10 Å². The van der Waals surface area contributed by atoms with Crippen LogP contribution in [-0.4, -0.2) is 50.8 Å². The van der Waals surface area contributed by atoms with Gasteiger partial charge in [0.2, 0.25) is 0 Å². The Bertz CT molecular complexity index is 283. The van der Waals surface area contributed by atoms with Gasteiger partial charge in [0, 0.05) is 26.2 Å². The van der Waals surface area contributed by atoms with Gasteiger partial charge in [-0.05, 0) is 35.9 Å². The highest BCUT2D eigenvalue weighted by Gasteiger charge is 2.15. The third-order valence-corrected chi connectivity index (χ3v) is 3.61. The lowest BCUT2D eigenvalue weighted by Gasteiger charge is -2.27. The Kier molecular flexibility index (Phi) is 4.78. The van der Waals surface area contributed by atoms with Gasteiger partial charge >= 0.3 is 0 Å². The highest BCUT2D eigenvalue weighted by molar-refractivity contribution is 7.07. The molecule has 1 aliphatic rings. The summed E-state index contributed by atoms with van der Waals surface area (Å²) in [6.07, 6.45) is 1.50. The molecule has 90 valence electrons. The molecule has 1 N–H and O–H groups in total. The first kappa shape index (κ1) is 12.0. The Morgan fingerprint density at radius 1 is 1.62 bits per heavy atom. The van der Waals surface area contributed by atoms with Crippen molar-refractivity contribution in [3.63, 3.8) is 0 Å². The number of likely N-dealkylation sites (N-methyl/N-ethyl adjacent to an activating group) is 1. The largest absolute Gasteiger partial charge is 0.374 e. The van der Waals surface area contributed by atoms with E-state index in [1.807, 2.05) is 0 Å². The van der Waals surface area contributed by atoms with Crippen LogP contribution in [-0.2, 0) is 11.2 Å². The minimum absolute atomic E-state index is 0.362. The molecule has 0 radical (unpaired) electrons. The molecule has 3 nitrogen and oxygen atoms in total. The van der Waals surface area contributed by atoms with Gasteiger partial charge in [-0.15, -0.1) is 0 Å². The van der Waals surface area contributed by atoms with Gasteiger partial charge in [0.1, 0.15) is 0 Å². The molecular weight excluding hydrogens is 220 g/mol. The normalized spacial score (nSPS) is 21.5. The second kappa shape index (κ2) is 6.35. The molecule has 1 saturated heterocycles. The van der Waals surface area contributed by atoms with Gasteiger partial charge < -0.3 is 15.0 Å². The first-order chi connectivity index (χ1) is 7.84. The van der Waals surface area contributed by atoms with Crippen LogP contribution in [0.5, 0.6) is 0 Å². The molecule has 0 saturated carbocycles. The van der Waals surface area contributed by atoms with Crippen LogP contribution in [0, 0.1) is 0 Å². The predicted octanol–water partition coefficient (Wildman–Crippen LogP) is 1.21. The fourth-order valence-electron chi connectivity index (χ4n) is 1.93. The average Bonchev–Trinajstić information content (AvgIpc) is 2.81. The summed E-state index contributed by atoms with van der Waals surface area (Å²) in [6, 6.07) is 2.21. The molecule has 2 rings (SSSR count). The van der Waals surface area contributed by atoms with Crippen LogP contribution in [0.4, 0.5) is 0 Å². The van der Waals surface area contributed by atoms with E-state index >= 15 is 0 Å². The minimum atomic E-state index is 0.362. The third-order valence-electron chi connectivity index (χ3n) is 2.88. The van der Waals surface area contributed by atoms with Gasteiger partial charge in [-0.1, -0.05) is 0 Å². The van der Waals surface area contributed by atoms with Crippen LogP contribution < -0.4 is 5.32 Å². The van der Waals surface area contributed by atoms with Crippen LogP contribution in [0.2, 0.25) is 0 Å². The molecule has 1 fully saturated rings. The van der Waals surface area contributed by atoms with Gasteiger partial charge in [-0.2, -0.15) is 11.3 Å². The van der Waals surface area contributed by atoms with Crippen molar-refractivity contribution in [2.24, 2.45) is 0 Å². The second-order valence-corrected chi connectivity index (χ2v) is 5.12. The molecule has 0 amide bonds. The first-order valence-electron chi connectivity index (χ1n) is 5.86. The summed E-state index contributed by atoms with van der Waals surface area (Å²) < 4.78 is 5.68. The Morgan fingerprint density at radius 3 is 3.25 bits per heavy atom. The molecule has 1 unspecified atom stereocenters. The quantitative estimate of drug-likeness (QED) is 0.837. The maximum atomic E-state index is 5.68. The molecule has 2 heterocycles. The molecule has 1 aliphatic heterocycles. The highest BCUT2D eigenvalue weighted by atomic mass is 32.1. The smallest absolute Gasteiger partial charge is 0.0826 e. The van der Waals surface area contributed by atoms with Gasteiger partial charge in [0.25, 0.3) is 0 Å². The van der Waals surface area contributed by atoms with Gasteiger partial charge in [-0.25, -0.2) is 0 Å². The second-order valence-electron chi connectivity index (χ2n) is 4.34. The summed E-state index contributed by atoms with van der Waals surface area (Å²) in [5.74, 6) is 0. The van der Waals surface area contributed by atoms with E-state index in [-0.39, 0.29) is 0 Å². The number of hydrogen-bond acceptors (Lipinski definition) is 4. The van der Waals surface area contributed by atoms with E-state index in [0.717, 1.165) is 39.2 Å². The van der Waals surface area contributed by atoms with Gasteiger partial charge in [0.05, 0.1) is 12.7 Å². The van der Waals surface area contributed by atoms with E-state index < -0.39 is 0 Å². The number of morpholine rings is 1. The number of nitrogens with one attached hydrogen (secondary N) is 1. The van der Waals surface area contributed by atoms with E-state index in [1.165, 1.54) is 5.56 Å². The summed E-state index contributed by atoms with van der Waals surface area (Å²) >= 11 is 1.77. The minimum Gasteiger partial charge on any atom is -0.374 e. The zero-order valence-corrected chi connectivity index (χ0v) is 10.6. The summed E-state index contributed by atoms with van der Waals surface area (Å²) in [6.45, 7) is 4.97. The monoisotopic (exact) mass is 240 g/mol. The number of thiophene rings is 1. The highest BCUT2D eigenvalue weighted by Crippen LogP contribution is 2.07. The summed E-state index contributed by atoms with van der Waals surface area (Å²) in [4.78, 5) is 2.36. The summed E-state index contributed by atoms with van der Waals surface area (Å²) in [7, 11) is 2.17. The Morgan fingerprint density at radius 2 is 2.56 bits per heavy atom. The maximum absolute atomic E-state index is 5.68. The van der Waals surface area contributed by atoms with Crippen molar-refractivity contribution in [1.29, 1.82) is 0 Å². The number of hydrogen-bond donors (Lipinski definition) is 1. The van der Waals surface area contributed by atoms with Crippen molar-refractivity contribution in [2.45, 2.75) is 12.5 Å². The van der Waals surface area contributed by atoms with Crippen LogP contribution in [0.3, 0.4) is 0 Å². The molecule has 1 aromatic heterocycles. The topological polar surface area (TPSA) is 24.5 Å². The van der Waals surface area contributed by atoms with E-state index in [2.05, 4.69) is 34.1 Å². The zero-order chi connectivity index (χ0) is 11.2. The molecular formula is C12H20N2OS. The molecule has 0 spiro atoms. The lowest BCUT2D eigenvalue weighted by Crippen LogP contribution is -2.44. The first-order valence-corrected chi connectivity index (χ1v) is 6.81. The van der Waals surface area contributed by atoms with Crippen LogP contribution in [0.25, 0.3) is 0 Å². The standard InChI is InChI=1S/C12H20N2OS/c1-14(5-2-11-3-7-16-10-11)9-12-8-13-4-6-15-12/h3,7,10,12-13H,2,4-6,8-9H2,1H3. The van der Waals surface area contributed by atoms with Gasteiger partial charge in [-0.3, -0.25) is 0 Å². The Hall–Kier alpha value is -0.420. The van der Waals surface area contributed by atoms with Crippen molar-refractivity contribution < 1.29 is 4.74 Å². The maximum Gasteiger partial charge on any atom is 0.0826 e. The van der Waals surface area contributed by atoms with Crippen molar-refractivity contribution >= 4 is 11.3 Å². The molecule has 0 bridgehead atoms. The molecule has 1 atom stereocenters. The SMILES string of the molecule is CN(CCc1ccsc1)CC1CNCCO1. The van der Waals surface area contributed by atoms with E-state index in [1.54, 1.807) is 11.3 Å². The zero-order valence-electron chi connectivity index (χ0n) is 9.82. The number of ether oxygens (including phenoxy) is 1. The fourth-order valence-corrected chi connectivity index (χ4v) is 2.63. The van der Waals surface area contributed by atoms with E-state index in [9.17, 15) is 0 Å². The lowest BCUT2D eigenvalue weighted by molar-refractivity contribution is 0.0103. The fraction of sp³-hybridized carbons (Fsp3) is 0.667. The van der Waals surface area contributed by atoms with Crippen LogP contribution >= 0.6 is 11.3 Å². The van der Waals surface area contributed by atoms with Crippen molar-refractivity contribution in [1.82, 2.24) is 10.2 Å². The average molecular weight is 240 g/mol. The predicted molar refractivity (Wildman–Crippen MR) is 68.1 cm³/mol. The van der Waals surface area contributed by atoms with Gasteiger partial charge in [0.15, 0.2) is 0 Å². The molecule has 4 heteroatoms. The molecule has 1 aromatic rings. The van der Waals surface area contributed by atoms with Crippen molar-refractivity contribution in [3.05, 3.63) is 22.4 Å². The number of nitrogens with zero attached hydrogens (tertiary/aromatic N) is 1. The van der Waals surface area contributed by atoms with E-state index in [4.69, 9.17) is 4.74 Å². The number of rotatable bonds is 5.